The van der Waals surface area contributed by atoms with Crippen LogP contribution in [0.3, 0.4) is 0 Å². The van der Waals surface area contributed by atoms with Gasteiger partial charge in [0, 0.05) is 5.69 Å². The first-order chi connectivity index (χ1) is 10.7. The lowest BCUT2D eigenvalue weighted by Crippen LogP contribution is -1.90. The fourth-order valence-electron chi connectivity index (χ4n) is 1.87. The number of halogens is 2. The zero-order valence-corrected chi connectivity index (χ0v) is 12.3. The molecule has 7 heteroatoms. The number of nitrogens with one attached hydrogen (secondary N) is 1. The number of rotatable bonds is 4. The number of hydrogen-bond acceptors (Lipinski definition) is 5. The number of benzene rings is 2. The summed E-state index contributed by atoms with van der Waals surface area (Å²) in [5.41, 5.74) is 0.815. The SMILES string of the molecule is COc1ccc(Nc2nnc(-c3c(F)cccc3Cl)o2)cc1. The molecule has 0 unspecified atom stereocenters. The van der Waals surface area contributed by atoms with Gasteiger partial charge in [0.1, 0.15) is 11.6 Å². The van der Waals surface area contributed by atoms with E-state index in [4.69, 9.17) is 20.8 Å². The largest absolute Gasteiger partial charge is 0.497 e. The quantitative estimate of drug-likeness (QED) is 0.777. The van der Waals surface area contributed by atoms with Gasteiger partial charge in [-0.2, -0.15) is 0 Å². The maximum atomic E-state index is 13.8. The Hall–Kier alpha value is -2.60. The third-order valence-electron chi connectivity index (χ3n) is 2.94. The standard InChI is InChI=1S/C15H11ClFN3O2/c1-21-10-7-5-9(6-8-10)18-15-20-19-14(22-15)13-11(16)3-2-4-12(13)17/h2-8H,1H3,(H,18,20). The normalized spacial score (nSPS) is 10.5. The zero-order valence-electron chi connectivity index (χ0n) is 11.5. The summed E-state index contributed by atoms with van der Waals surface area (Å²) >= 11 is 5.96. The van der Waals surface area contributed by atoms with Gasteiger partial charge in [-0.3, -0.25) is 0 Å². The van der Waals surface area contributed by atoms with Crippen LogP contribution in [-0.2, 0) is 0 Å². The number of nitrogens with zero attached hydrogens (tertiary/aromatic N) is 2. The molecule has 0 saturated carbocycles. The Morgan fingerprint density at radius 2 is 1.91 bits per heavy atom. The number of aromatic nitrogens is 2. The van der Waals surface area contributed by atoms with Gasteiger partial charge in [-0.25, -0.2) is 4.39 Å². The Morgan fingerprint density at radius 1 is 1.14 bits per heavy atom. The maximum absolute atomic E-state index is 13.8. The first-order valence-electron chi connectivity index (χ1n) is 6.36. The summed E-state index contributed by atoms with van der Waals surface area (Å²) in [5, 5.41) is 10.8. The van der Waals surface area contributed by atoms with Crippen molar-refractivity contribution < 1.29 is 13.5 Å². The van der Waals surface area contributed by atoms with E-state index in [2.05, 4.69) is 15.5 Å². The van der Waals surface area contributed by atoms with E-state index in [-0.39, 0.29) is 22.5 Å². The van der Waals surface area contributed by atoms with Gasteiger partial charge in [0.2, 0.25) is 0 Å². The summed E-state index contributed by atoms with van der Waals surface area (Å²) in [6.07, 6.45) is 0. The third-order valence-corrected chi connectivity index (χ3v) is 3.26. The van der Waals surface area contributed by atoms with E-state index in [1.165, 1.54) is 12.1 Å². The Balaban J connectivity index is 1.84. The second kappa shape index (κ2) is 6.03. The van der Waals surface area contributed by atoms with Gasteiger partial charge >= 0.3 is 6.01 Å². The summed E-state index contributed by atoms with van der Waals surface area (Å²) in [7, 11) is 1.59. The van der Waals surface area contributed by atoms with Crippen LogP contribution in [0.5, 0.6) is 5.75 Å². The molecule has 0 amide bonds. The van der Waals surface area contributed by atoms with E-state index in [0.29, 0.717) is 0 Å². The molecule has 0 radical (unpaired) electrons. The molecule has 0 spiro atoms. The average Bonchev–Trinajstić information content (AvgIpc) is 2.96. The number of methoxy groups -OCH3 is 1. The van der Waals surface area contributed by atoms with Crippen LogP contribution < -0.4 is 10.1 Å². The summed E-state index contributed by atoms with van der Waals surface area (Å²) in [5.74, 6) is 0.223. The van der Waals surface area contributed by atoms with E-state index in [9.17, 15) is 4.39 Å². The van der Waals surface area contributed by atoms with Crippen molar-refractivity contribution in [2.24, 2.45) is 0 Å². The minimum atomic E-state index is -0.521. The van der Waals surface area contributed by atoms with Crippen LogP contribution in [0.15, 0.2) is 46.9 Å². The highest BCUT2D eigenvalue weighted by molar-refractivity contribution is 6.33. The Bertz CT molecular complexity index is 769. The van der Waals surface area contributed by atoms with Gasteiger partial charge in [-0.1, -0.05) is 22.8 Å². The fourth-order valence-corrected chi connectivity index (χ4v) is 2.12. The predicted octanol–water partition coefficient (Wildman–Crippen LogP) is 4.28. The summed E-state index contributed by atoms with van der Waals surface area (Å²) in [4.78, 5) is 0. The van der Waals surface area contributed by atoms with Gasteiger partial charge in [-0.15, -0.1) is 5.10 Å². The smallest absolute Gasteiger partial charge is 0.320 e. The van der Waals surface area contributed by atoms with Gasteiger partial charge in [-0.05, 0) is 36.4 Å². The molecule has 0 aliphatic carbocycles. The molecule has 2 aromatic carbocycles. The summed E-state index contributed by atoms with van der Waals surface area (Å²) in [6.45, 7) is 0. The van der Waals surface area contributed by atoms with Crippen molar-refractivity contribution in [3.05, 3.63) is 53.3 Å². The summed E-state index contributed by atoms with van der Waals surface area (Å²) < 4.78 is 24.3. The number of ether oxygens (including phenoxy) is 1. The molecule has 3 rings (SSSR count). The molecule has 1 aromatic heterocycles. The molecule has 0 bridgehead atoms. The Kier molecular flexibility index (Phi) is 3.93. The summed E-state index contributed by atoms with van der Waals surface area (Å²) in [6, 6.07) is 11.6. The van der Waals surface area contributed by atoms with Crippen LogP contribution in [0.2, 0.25) is 5.02 Å². The van der Waals surface area contributed by atoms with Crippen LogP contribution in [-0.4, -0.2) is 17.3 Å². The predicted molar refractivity (Wildman–Crippen MR) is 81.0 cm³/mol. The minimum Gasteiger partial charge on any atom is -0.497 e. The molecule has 1 heterocycles. The van der Waals surface area contributed by atoms with Crippen LogP contribution in [0.25, 0.3) is 11.5 Å². The molecule has 0 aliphatic rings. The second-order valence-corrected chi connectivity index (χ2v) is 4.77. The lowest BCUT2D eigenvalue weighted by atomic mass is 10.2. The first-order valence-corrected chi connectivity index (χ1v) is 6.74. The molecule has 1 N–H and O–H groups in total. The van der Waals surface area contributed by atoms with Crippen molar-refractivity contribution >= 4 is 23.3 Å². The molecule has 22 heavy (non-hydrogen) atoms. The van der Waals surface area contributed by atoms with Gasteiger partial charge in [0.15, 0.2) is 0 Å². The zero-order chi connectivity index (χ0) is 15.5. The minimum absolute atomic E-state index is 0.0131. The molecule has 3 aromatic rings. The third kappa shape index (κ3) is 2.87. The maximum Gasteiger partial charge on any atom is 0.320 e. The van der Waals surface area contributed by atoms with E-state index >= 15 is 0 Å². The van der Waals surface area contributed by atoms with E-state index in [0.717, 1.165) is 11.4 Å². The molecular formula is C15H11ClFN3O2. The van der Waals surface area contributed by atoms with E-state index in [1.807, 2.05) is 0 Å². The number of anilines is 2. The Morgan fingerprint density at radius 3 is 2.59 bits per heavy atom. The molecule has 0 aliphatic heterocycles. The second-order valence-electron chi connectivity index (χ2n) is 4.36. The van der Waals surface area contributed by atoms with Gasteiger partial charge in [0.25, 0.3) is 5.89 Å². The lowest BCUT2D eigenvalue weighted by molar-refractivity contribution is 0.415. The number of hydrogen-bond donors (Lipinski definition) is 1. The first kappa shape index (κ1) is 14.3. The molecular weight excluding hydrogens is 309 g/mol. The molecule has 112 valence electrons. The topological polar surface area (TPSA) is 60.2 Å². The van der Waals surface area contributed by atoms with Crippen molar-refractivity contribution in [2.45, 2.75) is 0 Å². The Labute approximate surface area is 130 Å². The highest BCUT2D eigenvalue weighted by Crippen LogP contribution is 2.30. The monoisotopic (exact) mass is 319 g/mol. The highest BCUT2D eigenvalue weighted by Gasteiger charge is 2.16. The molecule has 0 atom stereocenters. The molecule has 0 saturated heterocycles. The van der Waals surface area contributed by atoms with Crippen LogP contribution in [0.1, 0.15) is 0 Å². The van der Waals surface area contributed by atoms with E-state index in [1.54, 1.807) is 37.4 Å². The van der Waals surface area contributed by atoms with Crippen LogP contribution in [0, 0.1) is 5.82 Å². The lowest BCUT2D eigenvalue weighted by Gasteiger charge is -2.03. The van der Waals surface area contributed by atoms with Crippen molar-refractivity contribution in [1.29, 1.82) is 0 Å². The van der Waals surface area contributed by atoms with Crippen molar-refractivity contribution in [3.8, 4) is 17.2 Å². The van der Waals surface area contributed by atoms with Gasteiger partial charge in [0.05, 0.1) is 17.7 Å². The van der Waals surface area contributed by atoms with Crippen molar-refractivity contribution in [3.63, 3.8) is 0 Å². The highest BCUT2D eigenvalue weighted by atomic mass is 35.5. The van der Waals surface area contributed by atoms with Gasteiger partial charge < -0.3 is 14.5 Å². The average molecular weight is 320 g/mol. The van der Waals surface area contributed by atoms with E-state index < -0.39 is 5.82 Å². The molecule has 5 nitrogen and oxygen atoms in total. The molecule has 0 fully saturated rings. The van der Waals surface area contributed by atoms with Crippen LogP contribution in [0.4, 0.5) is 16.1 Å². The van der Waals surface area contributed by atoms with Crippen LogP contribution >= 0.6 is 11.6 Å². The van der Waals surface area contributed by atoms with Crippen molar-refractivity contribution in [2.75, 3.05) is 12.4 Å². The van der Waals surface area contributed by atoms with Crippen molar-refractivity contribution in [1.82, 2.24) is 10.2 Å². The fraction of sp³-hybridized carbons (Fsp3) is 0.0667.